The van der Waals surface area contributed by atoms with Crippen LogP contribution in [0.15, 0.2) is 54.7 Å². The van der Waals surface area contributed by atoms with Crippen LogP contribution in [0.25, 0.3) is 10.6 Å². The minimum atomic E-state index is -0.391. The predicted octanol–water partition coefficient (Wildman–Crippen LogP) is 4.51. The van der Waals surface area contributed by atoms with E-state index in [0.717, 1.165) is 9.75 Å². The highest BCUT2D eigenvalue weighted by Crippen LogP contribution is 2.29. The molecule has 0 aliphatic rings. The number of pyridine rings is 1. The van der Waals surface area contributed by atoms with E-state index >= 15 is 0 Å². The summed E-state index contributed by atoms with van der Waals surface area (Å²) in [6.07, 6.45) is 1.66. The van der Waals surface area contributed by atoms with Gasteiger partial charge in [-0.3, -0.25) is 9.78 Å². The molecule has 110 valence electrons. The van der Waals surface area contributed by atoms with Gasteiger partial charge in [-0.25, -0.2) is 4.39 Å². The number of anilines is 1. The fourth-order valence-electron chi connectivity index (χ4n) is 2.11. The van der Waals surface area contributed by atoms with Gasteiger partial charge in [-0.2, -0.15) is 0 Å². The molecule has 5 heteroatoms. The van der Waals surface area contributed by atoms with Crippen LogP contribution in [0.3, 0.4) is 0 Å². The molecule has 2 aromatic heterocycles. The Balaban J connectivity index is 1.93. The molecule has 2 heterocycles. The quantitative estimate of drug-likeness (QED) is 0.773. The number of carbonyl (C=O) groups is 1. The molecule has 0 aliphatic carbocycles. The number of carbonyl (C=O) groups excluding carboxylic acids is 1. The van der Waals surface area contributed by atoms with Crippen molar-refractivity contribution in [2.24, 2.45) is 0 Å². The standard InChI is InChI=1S/C17H13FN2OS/c1-11-7-8-15(22-11)16-14(6-3-9-19-16)17(21)20-13-5-2-4-12(18)10-13/h2-10H,1H3,(H,20,21). The number of halogens is 1. The second kappa shape index (κ2) is 6.07. The molecule has 0 saturated heterocycles. The average Bonchev–Trinajstić information content (AvgIpc) is 2.94. The summed E-state index contributed by atoms with van der Waals surface area (Å²) in [7, 11) is 0. The van der Waals surface area contributed by atoms with E-state index in [-0.39, 0.29) is 5.91 Å². The van der Waals surface area contributed by atoms with E-state index in [1.54, 1.807) is 41.8 Å². The Morgan fingerprint density at radius 3 is 2.77 bits per heavy atom. The van der Waals surface area contributed by atoms with Gasteiger partial charge in [0.15, 0.2) is 0 Å². The van der Waals surface area contributed by atoms with Crippen molar-refractivity contribution in [2.75, 3.05) is 5.32 Å². The predicted molar refractivity (Wildman–Crippen MR) is 86.6 cm³/mol. The maximum Gasteiger partial charge on any atom is 0.257 e. The molecular formula is C17H13FN2OS. The van der Waals surface area contributed by atoms with E-state index < -0.39 is 5.82 Å². The van der Waals surface area contributed by atoms with Gasteiger partial charge >= 0.3 is 0 Å². The first-order valence-electron chi connectivity index (χ1n) is 6.72. The number of aromatic nitrogens is 1. The highest BCUT2D eigenvalue weighted by molar-refractivity contribution is 7.15. The Morgan fingerprint density at radius 1 is 1.18 bits per heavy atom. The maximum atomic E-state index is 13.2. The number of benzene rings is 1. The van der Waals surface area contributed by atoms with Crippen LogP contribution in [-0.2, 0) is 0 Å². The number of nitrogens with one attached hydrogen (secondary N) is 1. The molecule has 0 fully saturated rings. The molecule has 1 aromatic carbocycles. The Labute approximate surface area is 131 Å². The summed E-state index contributed by atoms with van der Waals surface area (Å²) in [6, 6.07) is 13.2. The van der Waals surface area contributed by atoms with Crippen LogP contribution in [-0.4, -0.2) is 10.9 Å². The zero-order valence-electron chi connectivity index (χ0n) is 11.8. The minimum Gasteiger partial charge on any atom is -0.322 e. The van der Waals surface area contributed by atoms with Gasteiger partial charge in [0.05, 0.1) is 16.1 Å². The molecule has 1 N–H and O–H groups in total. The van der Waals surface area contributed by atoms with Crippen molar-refractivity contribution < 1.29 is 9.18 Å². The van der Waals surface area contributed by atoms with E-state index in [0.29, 0.717) is 16.9 Å². The van der Waals surface area contributed by atoms with Crippen molar-refractivity contribution in [1.82, 2.24) is 4.98 Å². The molecule has 1 amide bonds. The van der Waals surface area contributed by atoms with Gasteiger partial charge in [-0.15, -0.1) is 11.3 Å². The average molecular weight is 312 g/mol. The second-order valence-corrected chi connectivity index (χ2v) is 6.06. The molecule has 0 aliphatic heterocycles. The van der Waals surface area contributed by atoms with Gasteiger partial charge in [0.1, 0.15) is 5.82 Å². The first-order valence-corrected chi connectivity index (χ1v) is 7.54. The highest BCUT2D eigenvalue weighted by Gasteiger charge is 2.15. The van der Waals surface area contributed by atoms with Gasteiger partial charge in [-0.05, 0) is 49.4 Å². The third-order valence-electron chi connectivity index (χ3n) is 3.11. The molecule has 3 nitrogen and oxygen atoms in total. The summed E-state index contributed by atoms with van der Waals surface area (Å²) >= 11 is 1.58. The van der Waals surface area contributed by atoms with Crippen molar-refractivity contribution >= 4 is 22.9 Å². The molecule has 3 rings (SSSR count). The monoisotopic (exact) mass is 312 g/mol. The van der Waals surface area contributed by atoms with Crippen LogP contribution in [0.4, 0.5) is 10.1 Å². The molecule has 22 heavy (non-hydrogen) atoms. The zero-order chi connectivity index (χ0) is 15.5. The molecule has 0 radical (unpaired) electrons. The van der Waals surface area contributed by atoms with Crippen molar-refractivity contribution in [3.63, 3.8) is 0 Å². The van der Waals surface area contributed by atoms with Gasteiger partial charge in [0, 0.05) is 16.8 Å². The van der Waals surface area contributed by atoms with Crippen molar-refractivity contribution in [1.29, 1.82) is 0 Å². The number of rotatable bonds is 3. The summed E-state index contributed by atoms with van der Waals surface area (Å²) in [5.41, 5.74) is 1.52. The van der Waals surface area contributed by atoms with Gasteiger partial charge in [0.2, 0.25) is 0 Å². The normalized spacial score (nSPS) is 10.5. The molecule has 0 saturated carbocycles. The molecule has 0 bridgehead atoms. The molecule has 3 aromatic rings. The van der Waals surface area contributed by atoms with Crippen molar-refractivity contribution in [3.8, 4) is 10.6 Å². The Hall–Kier alpha value is -2.53. The van der Waals surface area contributed by atoms with E-state index in [1.165, 1.54) is 12.1 Å². The van der Waals surface area contributed by atoms with Crippen molar-refractivity contribution in [3.05, 3.63) is 71.0 Å². The van der Waals surface area contributed by atoms with Gasteiger partial charge in [-0.1, -0.05) is 6.07 Å². The lowest BCUT2D eigenvalue weighted by Crippen LogP contribution is -2.13. The van der Waals surface area contributed by atoms with Crippen LogP contribution >= 0.6 is 11.3 Å². The number of hydrogen-bond donors (Lipinski definition) is 1. The highest BCUT2D eigenvalue weighted by atomic mass is 32.1. The third kappa shape index (κ3) is 3.04. The van der Waals surface area contributed by atoms with Crippen LogP contribution in [0.2, 0.25) is 0 Å². The van der Waals surface area contributed by atoms with Gasteiger partial charge in [0.25, 0.3) is 5.91 Å². The largest absolute Gasteiger partial charge is 0.322 e. The number of hydrogen-bond acceptors (Lipinski definition) is 3. The fourth-order valence-corrected chi connectivity index (χ4v) is 2.99. The van der Waals surface area contributed by atoms with Gasteiger partial charge < -0.3 is 5.32 Å². The van der Waals surface area contributed by atoms with Crippen LogP contribution < -0.4 is 5.32 Å². The fraction of sp³-hybridized carbons (Fsp3) is 0.0588. The number of amides is 1. The summed E-state index contributed by atoms with van der Waals surface area (Å²) < 4.78 is 13.2. The SMILES string of the molecule is Cc1ccc(-c2ncccc2C(=O)Nc2cccc(F)c2)s1. The zero-order valence-corrected chi connectivity index (χ0v) is 12.7. The second-order valence-electron chi connectivity index (χ2n) is 4.77. The third-order valence-corrected chi connectivity index (χ3v) is 4.12. The number of aryl methyl sites for hydroxylation is 1. The lowest BCUT2D eigenvalue weighted by molar-refractivity contribution is 0.102. The number of thiophene rings is 1. The number of nitrogens with zero attached hydrogens (tertiary/aromatic N) is 1. The summed E-state index contributed by atoms with van der Waals surface area (Å²) in [6.45, 7) is 2.00. The maximum absolute atomic E-state index is 13.2. The van der Waals surface area contributed by atoms with E-state index in [4.69, 9.17) is 0 Å². The first kappa shape index (κ1) is 14.4. The summed E-state index contributed by atoms with van der Waals surface area (Å²) in [5.74, 6) is -0.696. The molecular weight excluding hydrogens is 299 g/mol. The Bertz CT molecular complexity index is 829. The minimum absolute atomic E-state index is 0.306. The van der Waals surface area contributed by atoms with Crippen molar-refractivity contribution in [2.45, 2.75) is 6.92 Å². The van der Waals surface area contributed by atoms with E-state index in [1.807, 2.05) is 19.1 Å². The van der Waals surface area contributed by atoms with Crippen LogP contribution in [0, 0.1) is 12.7 Å². The first-order chi connectivity index (χ1) is 10.6. The lowest BCUT2D eigenvalue weighted by atomic mass is 10.1. The van der Waals surface area contributed by atoms with Crippen LogP contribution in [0.5, 0.6) is 0 Å². The molecule has 0 atom stereocenters. The van der Waals surface area contributed by atoms with E-state index in [2.05, 4.69) is 10.3 Å². The molecule has 0 unspecified atom stereocenters. The molecule has 0 spiro atoms. The summed E-state index contributed by atoms with van der Waals surface area (Å²) in [5, 5.41) is 2.70. The Kier molecular flexibility index (Phi) is 3.98. The van der Waals surface area contributed by atoms with Crippen LogP contribution in [0.1, 0.15) is 15.2 Å². The van der Waals surface area contributed by atoms with E-state index in [9.17, 15) is 9.18 Å². The smallest absolute Gasteiger partial charge is 0.257 e. The summed E-state index contributed by atoms with van der Waals surface area (Å²) in [4.78, 5) is 18.9. The lowest BCUT2D eigenvalue weighted by Gasteiger charge is -2.08. The Morgan fingerprint density at radius 2 is 2.05 bits per heavy atom. The topological polar surface area (TPSA) is 42.0 Å².